The molecule has 0 spiro atoms. The van der Waals surface area contributed by atoms with Crippen molar-refractivity contribution in [1.29, 1.82) is 0 Å². The Morgan fingerprint density at radius 1 is 1.64 bits per heavy atom. The Kier molecular flexibility index (Phi) is 3.91. The van der Waals surface area contributed by atoms with Crippen LogP contribution in [0.5, 0.6) is 5.88 Å². The molecule has 0 radical (unpaired) electrons. The lowest BCUT2D eigenvalue weighted by molar-refractivity contribution is 0.194. The first-order valence-corrected chi connectivity index (χ1v) is 4.61. The Morgan fingerprint density at radius 2 is 2.43 bits per heavy atom. The van der Waals surface area contributed by atoms with Gasteiger partial charge in [-0.3, -0.25) is 0 Å². The number of hydrogen-bond acceptors (Lipinski definition) is 3. The van der Waals surface area contributed by atoms with Crippen LogP contribution in [0, 0.1) is 0 Å². The zero-order valence-electron chi connectivity index (χ0n) is 8.36. The largest absolute Gasteiger partial charge is 0.414 e. The quantitative estimate of drug-likeness (QED) is 0.800. The van der Waals surface area contributed by atoms with Gasteiger partial charge in [-0.15, -0.1) is 0 Å². The fourth-order valence-corrected chi connectivity index (χ4v) is 0.835. The molecule has 4 heteroatoms. The summed E-state index contributed by atoms with van der Waals surface area (Å²) in [6, 6.07) is 5.28. The molecular formula is C10H14N2O2. The van der Waals surface area contributed by atoms with E-state index in [1.54, 1.807) is 24.4 Å². The molecule has 1 unspecified atom stereocenters. The fraction of sp³-hybridized carbons (Fsp3) is 0.400. The average Bonchev–Trinajstić information content (AvgIpc) is 2.19. The van der Waals surface area contributed by atoms with Gasteiger partial charge in [-0.05, 0) is 19.4 Å². The molecule has 1 rings (SSSR count). The van der Waals surface area contributed by atoms with Crippen LogP contribution in [0.4, 0.5) is 4.79 Å². The van der Waals surface area contributed by atoms with E-state index in [1.807, 2.05) is 13.8 Å². The van der Waals surface area contributed by atoms with Crippen LogP contribution in [0.1, 0.15) is 20.3 Å². The monoisotopic (exact) mass is 194 g/mol. The normalized spacial score (nSPS) is 11.9. The van der Waals surface area contributed by atoms with Crippen LogP contribution in [0.3, 0.4) is 0 Å². The lowest BCUT2D eigenvalue weighted by atomic mass is 10.3. The van der Waals surface area contributed by atoms with Crippen LogP contribution < -0.4 is 10.1 Å². The minimum absolute atomic E-state index is 0.117. The molecule has 0 fully saturated rings. The molecule has 1 atom stereocenters. The van der Waals surface area contributed by atoms with Crippen molar-refractivity contribution in [2.45, 2.75) is 26.3 Å². The van der Waals surface area contributed by atoms with Crippen molar-refractivity contribution in [3.05, 3.63) is 24.4 Å². The van der Waals surface area contributed by atoms with Crippen molar-refractivity contribution < 1.29 is 9.53 Å². The maximum absolute atomic E-state index is 11.2. The molecule has 0 aromatic carbocycles. The van der Waals surface area contributed by atoms with Gasteiger partial charge in [0.1, 0.15) is 0 Å². The summed E-state index contributed by atoms with van der Waals surface area (Å²) in [5, 5.41) is 2.68. The Labute approximate surface area is 83.3 Å². The van der Waals surface area contributed by atoms with Gasteiger partial charge < -0.3 is 10.1 Å². The summed E-state index contributed by atoms with van der Waals surface area (Å²) in [7, 11) is 0. The number of ether oxygens (including phenoxy) is 1. The Morgan fingerprint density at radius 3 is 3.00 bits per heavy atom. The lowest BCUT2D eigenvalue weighted by Crippen LogP contribution is -2.34. The lowest BCUT2D eigenvalue weighted by Gasteiger charge is -2.10. The van der Waals surface area contributed by atoms with Gasteiger partial charge in [0.15, 0.2) is 0 Å². The SMILES string of the molecule is CCC(C)NC(=O)Oc1ccccn1. The minimum atomic E-state index is -0.460. The fourth-order valence-electron chi connectivity index (χ4n) is 0.835. The van der Waals surface area contributed by atoms with E-state index >= 15 is 0 Å². The van der Waals surface area contributed by atoms with E-state index in [1.165, 1.54) is 0 Å². The summed E-state index contributed by atoms with van der Waals surface area (Å²) in [4.78, 5) is 15.1. The number of amides is 1. The molecule has 0 aliphatic heterocycles. The Balaban J connectivity index is 2.42. The average molecular weight is 194 g/mol. The number of hydrogen-bond donors (Lipinski definition) is 1. The predicted molar refractivity (Wildman–Crippen MR) is 53.1 cm³/mol. The van der Waals surface area contributed by atoms with Crippen molar-refractivity contribution in [2.75, 3.05) is 0 Å². The second-order valence-electron chi connectivity index (χ2n) is 3.01. The van der Waals surface area contributed by atoms with Crippen LogP contribution in [-0.4, -0.2) is 17.1 Å². The van der Waals surface area contributed by atoms with Gasteiger partial charge >= 0.3 is 6.09 Å². The number of carbonyl (C=O) groups excluding carboxylic acids is 1. The van der Waals surface area contributed by atoms with Crippen LogP contribution in [0.15, 0.2) is 24.4 Å². The number of aromatic nitrogens is 1. The first kappa shape index (κ1) is 10.5. The van der Waals surface area contributed by atoms with Crippen LogP contribution in [0.25, 0.3) is 0 Å². The second-order valence-corrected chi connectivity index (χ2v) is 3.01. The van der Waals surface area contributed by atoms with E-state index in [0.717, 1.165) is 6.42 Å². The zero-order chi connectivity index (χ0) is 10.4. The van der Waals surface area contributed by atoms with Gasteiger partial charge in [-0.2, -0.15) is 0 Å². The highest BCUT2D eigenvalue weighted by molar-refractivity contribution is 5.70. The molecule has 1 aromatic heterocycles. The van der Waals surface area contributed by atoms with Crippen molar-refractivity contribution in [3.8, 4) is 5.88 Å². The number of rotatable bonds is 3. The van der Waals surface area contributed by atoms with Gasteiger partial charge in [0, 0.05) is 18.3 Å². The molecule has 0 aliphatic carbocycles. The molecule has 14 heavy (non-hydrogen) atoms. The number of pyridine rings is 1. The van der Waals surface area contributed by atoms with Gasteiger partial charge in [0.05, 0.1) is 0 Å². The molecule has 0 bridgehead atoms. The van der Waals surface area contributed by atoms with Gasteiger partial charge in [0.2, 0.25) is 5.88 Å². The molecule has 4 nitrogen and oxygen atoms in total. The maximum Gasteiger partial charge on any atom is 0.414 e. The van der Waals surface area contributed by atoms with E-state index in [0.29, 0.717) is 5.88 Å². The first-order valence-electron chi connectivity index (χ1n) is 4.61. The van der Waals surface area contributed by atoms with E-state index in [-0.39, 0.29) is 6.04 Å². The third kappa shape index (κ3) is 3.43. The summed E-state index contributed by atoms with van der Waals surface area (Å²) in [5.41, 5.74) is 0. The smallest absolute Gasteiger partial charge is 0.391 e. The number of carbonyl (C=O) groups is 1. The number of nitrogens with one attached hydrogen (secondary N) is 1. The zero-order valence-corrected chi connectivity index (χ0v) is 8.36. The molecule has 0 aliphatic rings. The van der Waals surface area contributed by atoms with Gasteiger partial charge in [-0.25, -0.2) is 9.78 Å². The molecule has 1 heterocycles. The van der Waals surface area contributed by atoms with Crippen LogP contribution in [0.2, 0.25) is 0 Å². The third-order valence-electron chi connectivity index (χ3n) is 1.81. The molecule has 1 amide bonds. The summed E-state index contributed by atoms with van der Waals surface area (Å²) < 4.78 is 4.93. The van der Waals surface area contributed by atoms with Gasteiger partial charge in [0.25, 0.3) is 0 Å². The van der Waals surface area contributed by atoms with Crippen molar-refractivity contribution in [2.24, 2.45) is 0 Å². The third-order valence-corrected chi connectivity index (χ3v) is 1.81. The van der Waals surface area contributed by atoms with Crippen molar-refractivity contribution in [1.82, 2.24) is 10.3 Å². The van der Waals surface area contributed by atoms with E-state index < -0.39 is 6.09 Å². The first-order chi connectivity index (χ1) is 6.72. The molecule has 76 valence electrons. The van der Waals surface area contributed by atoms with Crippen LogP contribution >= 0.6 is 0 Å². The summed E-state index contributed by atoms with van der Waals surface area (Å²) in [6.45, 7) is 3.91. The highest BCUT2D eigenvalue weighted by Crippen LogP contribution is 2.03. The highest BCUT2D eigenvalue weighted by Gasteiger charge is 2.07. The second kappa shape index (κ2) is 5.21. The number of nitrogens with zero attached hydrogens (tertiary/aromatic N) is 1. The molecule has 0 saturated carbocycles. The van der Waals surface area contributed by atoms with Gasteiger partial charge in [-0.1, -0.05) is 13.0 Å². The molecule has 1 N–H and O–H groups in total. The van der Waals surface area contributed by atoms with Crippen molar-refractivity contribution >= 4 is 6.09 Å². The molecular weight excluding hydrogens is 180 g/mol. The standard InChI is InChI=1S/C10H14N2O2/c1-3-8(2)12-10(13)14-9-6-4-5-7-11-9/h4-8H,3H2,1-2H3,(H,12,13). The minimum Gasteiger partial charge on any atom is -0.391 e. The Bertz CT molecular complexity index is 287. The maximum atomic E-state index is 11.2. The Hall–Kier alpha value is -1.58. The highest BCUT2D eigenvalue weighted by atomic mass is 16.6. The predicted octanol–water partition coefficient (Wildman–Crippen LogP) is 1.97. The molecule has 0 saturated heterocycles. The van der Waals surface area contributed by atoms with E-state index in [9.17, 15) is 4.79 Å². The summed E-state index contributed by atoms with van der Waals surface area (Å²) >= 11 is 0. The summed E-state index contributed by atoms with van der Waals surface area (Å²) in [5.74, 6) is 0.313. The molecule has 1 aromatic rings. The van der Waals surface area contributed by atoms with Crippen LogP contribution in [-0.2, 0) is 0 Å². The van der Waals surface area contributed by atoms with E-state index in [4.69, 9.17) is 4.74 Å². The topological polar surface area (TPSA) is 51.2 Å². The van der Waals surface area contributed by atoms with Crippen molar-refractivity contribution in [3.63, 3.8) is 0 Å². The van der Waals surface area contributed by atoms with E-state index in [2.05, 4.69) is 10.3 Å². The summed E-state index contributed by atoms with van der Waals surface area (Å²) in [6.07, 6.45) is 1.99.